The van der Waals surface area contributed by atoms with Gasteiger partial charge in [-0.15, -0.1) is 10.2 Å². The minimum absolute atomic E-state index is 0.0256. The van der Waals surface area contributed by atoms with Gasteiger partial charge in [0, 0.05) is 31.0 Å². The molecule has 0 spiro atoms. The molecular weight excluding hydrogens is 421 g/mol. The standard InChI is InChI=1S/C19H19F3N4O3S/c1-10-4-5-14-13(6-10)15(27)7-16(19(20,21)22)26(14)8-11(2)23-17(28)9-30-18-25-24-12(3)29-18/h4-7,11H,8-9H2,1-3H3,(H,23,28)/t11-/m1/s1. The number of nitrogens with zero attached hydrogens (tertiary/aromatic N) is 3. The van der Waals surface area contributed by atoms with Crippen molar-refractivity contribution < 1.29 is 22.4 Å². The predicted molar refractivity (Wildman–Crippen MR) is 105 cm³/mol. The highest BCUT2D eigenvalue weighted by Crippen LogP contribution is 2.31. The molecule has 160 valence electrons. The third-order valence-electron chi connectivity index (χ3n) is 4.26. The number of thioether (sulfide) groups is 1. The quantitative estimate of drug-likeness (QED) is 0.592. The second-order valence-corrected chi connectivity index (χ2v) is 7.79. The monoisotopic (exact) mass is 440 g/mol. The summed E-state index contributed by atoms with van der Waals surface area (Å²) in [5.41, 5.74) is -0.821. The molecule has 0 fully saturated rings. The third kappa shape index (κ3) is 5.02. The predicted octanol–water partition coefficient (Wildman–Crippen LogP) is 3.32. The second kappa shape index (κ2) is 8.50. The van der Waals surface area contributed by atoms with Crippen molar-refractivity contribution in [2.45, 2.75) is 44.8 Å². The van der Waals surface area contributed by atoms with Gasteiger partial charge in [-0.2, -0.15) is 13.2 Å². The Balaban J connectivity index is 1.82. The van der Waals surface area contributed by atoms with Crippen LogP contribution in [-0.2, 0) is 17.5 Å². The molecule has 0 radical (unpaired) electrons. The van der Waals surface area contributed by atoms with Crippen LogP contribution in [0.15, 0.2) is 38.7 Å². The molecule has 0 aliphatic rings. The molecule has 0 aliphatic heterocycles. The number of pyridine rings is 1. The molecule has 0 aliphatic carbocycles. The number of fused-ring (bicyclic) bond motifs is 1. The van der Waals surface area contributed by atoms with Crippen LogP contribution in [0.25, 0.3) is 10.9 Å². The molecule has 0 saturated heterocycles. The van der Waals surface area contributed by atoms with E-state index in [9.17, 15) is 22.8 Å². The van der Waals surface area contributed by atoms with Gasteiger partial charge in [-0.25, -0.2) is 0 Å². The summed E-state index contributed by atoms with van der Waals surface area (Å²) in [6.07, 6.45) is -4.71. The molecule has 1 aromatic carbocycles. The highest BCUT2D eigenvalue weighted by molar-refractivity contribution is 7.99. The van der Waals surface area contributed by atoms with Gasteiger partial charge in [0.25, 0.3) is 5.22 Å². The molecule has 1 atom stereocenters. The maximum absolute atomic E-state index is 13.6. The zero-order valence-electron chi connectivity index (χ0n) is 16.4. The molecule has 3 rings (SSSR count). The van der Waals surface area contributed by atoms with Gasteiger partial charge in [0.15, 0.2) is 5.43 Å². The largest absolute Gasteiger partial charge is 0.431 e. The third-order valence-corrected chi connectivity index (χ3v) is 5.07. The van der Waals surface area contributed by atoms with Crippen LogP contribution in [0.3, 0.4) is 0 Å². The number of aryl methyl sites for hydroxylation is 2. The maximum Gasteiger partial charge on any atom is 0.431 e. The summed E-state index contributed by atoms with van der Waals surface area (Å²) in [7, 11) is 0. The summed E-state index contributed by atoms with van der Waals surface area (Å²) in [6, 6.07) is 4.66. The van der Waals surface area contributed by atoms with Crippen LogP contribution >= 0.6 is 11.8 Å². The fourth-order valence-corrected chi connectivity index (χ4v) is 3.64. The van der Waals surface area contributed by atoms with E-state index in [1.54, 1.807) is 32.9 Å². The molecule has 1 N–H and O–H groups in total. The van der Waals surface area contributed by atoms with Gasteiger partial charge in [0.2, 0.25) is 11.8 Å². The van der Waals surface area contributed by atoms with Crippen molar-refractivity contribution in [1.29, 1.82) is 0 Å². The van der Waals surface area contributed by atoms with Gasteiger partial charge < -0.3 is 14.3 Å². The smallest absolute Gasteiger partial charge is 0.416 e. The van der Waals surface area contributed by atoms with Crippen LogP contribution in [0.2, 0.25) is 0 Å². The molecule has 11 heteroatoms. The fourth-order valence-electron chi connectivity index (χ4n) is 3.02. The normalized spacial score (nSPS) is 12.9. The average Bonchev–Trinajstić information content (AvgIpc) is 3.06. The van der Waals surface area contributed by atoms with E-state index in [0.717, 1.165) is 21.9 Å². The molecule has 2 heterocycles. The Hall–Kier alpha value is -2.82. The second-order valence-electron chi connectivity index (χ2n) is 6.87. The first-order valence-electron chi connectivity index (χ1n) is 8.98. The van der Waals surface area contributed by atoms with Crippen molar-refractivity contribution in [2.24, 2.45) is 0 Å². The molecule has 0 unspecified atom stereocenters. The van der Waals surface area contributed by atoms with Crippen molar-refractivity contribution in [2.75, 3.05) is 5.75 Å². The van der Waals surface area contributed by atoms with Crippen LogP contribution in [0.4, 0.5) is 13.2 Å². The van der Waals surface area contributed by atoms with E-state index in [2.05, 4.69) is 15.5 Å². The number of nitrogens with one attached hydrogen (secondary N) is 1. The number of hydrogen-bond acceptors (Lipinski definition) is 6. The number of hydrogen-bond donors (Lipinski definition) is 1. The first kappa shape index (κ1) is 21.9. The maximum atomic E-state index is 13.6. The summed E-state index contributed by atoms with van der Waals surface area (Å²) in [5.74, 6) is -0.0493. The van der Waals surface area contributed by atoms with Crippen molar-refractivity contribution >= 4 is 28.6 Å². The van der Waals surface area contributed by atoms with Gasteiger partial charge in [-0.1, -0.05) is 23.4 Å². The summed E-state index contributed by atoms with van der Waals surface area (Å²) >= 11 is 1.03. The number of carbonyl (C=O) groups excluding carboxylic acids is 1. The minimum atomic E-state index is -4.71. The zero-order valence-corrected chi connectivity index (χ0v) is 17.2. The van der Waals surface area contributed by atoms with E-state index in [1.807, 2.05) is 0 Å². The van der Waals surface area contributed by atoms with Gasteiger partial charge in [-0.05, 0) is 26.0 Å². The first-order chi connectivity index (χ1) is 14.0. The fraction of sp³-hybridized carbons (Fsp3) is 0.368. The zero-order chi connectivity index (χ0) is 22.1. The summed E-state index contributed by atoms with van der Waals surface area (Å²) in [5, 5.41) is 10.5. The van der Waals surface area contributed by atoms with Crippen LogP contribution in [0, 0.1) is 13.8 Å². The lowest BCUT2D eigenvalue weighted by atomic mass is 10.1. The topological polar surface area (TPSA) is 90.0 Å². The number of amides is 1. The number of aromatic nitrogens is 3. The molecular formula is C19H19F3N4O3S. The van der Waals surface area contributed by atoms with E-state index >= 15 is 0 Å². The molecule has 7 nitrogen and oxygen atoms in total. The number of rotatable bonds is 6. The van der Waals surface area contributed by atoms with Gasteiger partial charge in [0.05, 0.1) is 11.3 Å². The molecule has 2 aromatic heterocycles. The van der Waals surface area contributed by atoms with Gasteiger partial charge in [0.1, 0.15) is 5.69 Å². The Bertz CT molecular complexity index is 1140. The van der Waals surface area contributed by atoms with Gasteiger partial charge >= 0.3 is 6.18 Å². The lowest BCUT2D eigenvalue weighted by Crippen LogP contribution is -2.38. The average molecular weight is 440 g/mol. The van der Waals surface area contributed by atoms with Crippen molar-refractivity contribution in [1.82, 2.24) is 20.1 Å². The molecule has 1 amide bonds. The lowest BCUT2D eigenvalue weighted by molar-refractivity contribution is -0.143. The van der Waals surface area contributed by atoms with Crippen molar-refractivity contribution in [3.05, 3.63) is 51.6 Å². The van der Waals surface area contributed by atoms with Crippen LogP contribution < -0.4 is 10.7 Å². The van der Waals surface area contributed by atoms with E-state index in [1.165, 1.54) is 6.07 Å². The van der Waals surface area contributed by atoms with Gasteiger partial charge in [-0.3, -0.25) is 9.59 Å². The Morgan fingerprint density at radius 1 is 1.27 bits per heavy atom. The number of alkyl halides is 3. The number of benzene rings is 1. The van der Waals surface area contributed by atoms with E-state index in [4.69, 9.17) is 4.42 Å². The van der Waals surface area contributed by atoms with Crippen molar-refractivity contribution in [3.8, 4) is 0 Å². The number of carbonyl (C=O) groups is 1. The molecule has 0 saturated carbocycles. The Morgan fingerprint density at radius 2 is 2.00 bits per heavy atom. The van der Waals surface area contributed by atoms with Crippen LogP contribution in [0.5, 0.6) is 0 Å². The highest BCUT2D eigenvalue weighted by Gasteiger charge is 2.35. The molecule has 3 aromatic rings. The Kier molecular flexibility index (Phi) is 6.20. The summed E-state index contributed by atoms with van der Waals surface area (Å²) < 4.78 is 46.9. The number of halogens is 3. The Labute approximate surface area is 173 Å². The molecule has 0 bridgehead atoms. The first-order valence-corrected chi connectivity index (χ1v) is 9.97. The highest BCUT2D eigenvalue weighted by atomic mass is 32.2. The van der Waals surface area contributed by atoms with Crippen LogP contribution in [0.1, 0.15) is 24.1 Å². The lowest BCUT2D eigenvalue weighted by Gasteiger charge is -2.22. The summed E-state index contributed by atoms with van der Waals surface area (Å²) in [6.45, 7) is 4.81. The SMILES string of the molecule is Cc1ccc2c(c1)c(=O)cc(C(F)(F)F)n2C[C@@H](C)NC(=O)CSc1nnc(C)o1. The van der Waals surface area contributed by atoms with E-state index < -0.39 is 29.2 Å². The van der Waals surface area contributed by atoms with Crippen LogP contribution in [-0.4, -0.2) is 32.5 Å². The van der Waals surface area contributed by atoms with Crippen molar-refractivity contribution in [3.63, 3.8) is 0 Å². The Morgan fingerprint density at radius 3 is 2.63 bits per heavy atom. The summed E-state index contributed by atoms with van der Waals surface area (Å²) in [4.78, 5) is 24.4. The van der Waals surface area contributed by atoms with E-state index in [0.29, 0.717) is 12.0 Å². The minimum Gasteiger partial charge on any atom is -0.416 e. The van der Waals surface area contributed by atoms with E-state index in [-0.39, 0.29) is 28.4 Å². The molecule has 30 heavy (non-hydrogen) atoms.